The second-order valence-electron chi connectivity index (χ2n) is 5.02. The average Bonchev–Trinajstić information content (AvgIpc) is 2.51. The molecule has 0 fully saturated rings. The van der Waals surface area contributed by atoms with Gasteiger partial charge in [0.15, 0.2) is 0 Å². The number of hydrogen-bond donors (Lipinski definition) is 1. The highest BCUT2D eigenvalue weighted by molar-refractivity contribution is 5.85. The Kier molecular flexibility index (Phi) is 5.42. The van der Waals surface area contributed by atoms with Crippen LogP contribution in [0.2, 0.25) is 0 Å². The quantitative estimate of drug-likeness (QED) is 0.901. The topological polar surface area (TPSA) is 47.6 Å². The minimum absolute atomic E-state index is 0.362. The molecule has 0 bridgehead atoms. The predicted molar refractivity (Wildman–Crippen MR) is 87.6 cm³/mol. The van der Waals surface area contributed by atoms with Gasteiger partial charge in [0.2, 0.25) is 0 Å². The van der Waals surface area contributed by atoms with E-state index >= 15 is 0 Å². The lowest BCUT2D eigenvalue weighted by atomic mass is 10.0. The molecule has 0 heterocycles. The molecule has 0 aliphatic heterocycles. The number of rotatable bonds is 5. The van der Waals surface area contributed by atoms with Gasteiger partial charge in [0.05, 0.1) is 13.7 Å². The predicted octanol–water partition coefficient (Wildman–Crippen LogP) is 4.16. The van der Waals surface area contributed by atoms with Crippen LogP contribution in [0, 0.1) is 6.92 Å². The number of benzene rings is 2. The Morgan fingerprint density at radius 2 is 1.77 bits per heavy atom. The molecule has 116 valence electrons. The second kappa shape index (κ2) is 7.50. The summed E-state index contributed by atoms with van der Waals surface area (Å²) >= 11 is 0. The van der Waals surface area contributed by atoms with E-state index in [0.717, 1.165) is 23.4 Å². The smallest absolute Gasteiger partial charge is 0.411 e. The molecule has 0 aliphatic carbocycles. The van der Waals surface area contributed by atoms with Crippen LogP contribution in [0.25, 0.3) is 0 Å². The molecule has 0 aromatic heterocycles. The Balaban J connectivity index is 2.06. The number of aryl methyl sites for hydroxylation is 1. The Labute approximate surface area is 131 Å². The molecule has 0 radical (unpaired) electrons. The summed E-state index contributed by atoms with van der Waals surface area (Å²) in [7, 11) is 1.66. The third-order valence-electron chi connectivity index (χ3n) is 3.37. The van der Waals surface area contributed by atoms with Gasteiger partial charge in [-0.3, -0.25) is 5.32 Å². The molecule has 22 heavy (non-hydrogen) atoms. The fourth-order valence-electron chi connectivity index (χ4n) is 2.23. The SMILES string of the molecule is CCOC(=O)Nc1ccc(Cc2ccc(OC)cc2)cc1C. The van der Waals surface area contributed by atoms with E-state index in [0.29, 0.717) is 6.61 Å². The summed E-state index contributed by atoms with van der Waals surface area (Å²) in [6.07, 6.45) is 0.415. The third kappa shape index (κ3) is 4.25. The van der Waals surface area contributed by atoms with Crippen molar-refractivity contribution in [3.63, 3.8) is 0 Å². The van der Waals surface area contributed by atoms with Crippen molar-refractivity contribution in [2.75, 3.05) is 19.0 Å². The molecule has 2 rings (SSSR count). The molecule has 0 saturated carbocycles. The summed E-state index contributed by atoms with van der Waals surface area (Å²) in [5, 5.41) is 2.74. The Bertz CT molecular complexity index is 635. The van der Waals surface area contributed by atoms with E-state index in [1.807, 2.05) is 31.2 Å². The Morgan fingerprint density at radius 1 is 1.09 bits per heavy atom. The molecule has 0 atom stereocenters. The van der Waals surface area contributed by atoms with Crippen molar-refractivity contribution in [1.82, 2.24) is 0 Å². The van der Waals surface area contributed by atoms with Crippen LogP contribution in [0.3, 0.4) is 0 Å². The van der Waals surface area contributed by atoms with E-state index in [1.165, 1.54) is 11.1 Å². The number of amides is 1. The number of hydrogen-bond acceptors (Lipinski definition) is 3. The zero-order valence-corrected chi connectivity index (χ0v) is 13.2. The van der Waals surface area contributed by atoms with Gasteiger partial charge in [0.25, 0.3) is 0 Å². The molecule has 0 spiro atoms. The number of nitrogens with one attached hydrogen (secondary N) is 1. The van der Waals surface area contributed by atoms with Gasteiger partial charge in [-0.2, -0.15) is 0 Å². The molecule has 1 N–H and O–H groups in total. The third-order valence-corrected chi connectivity index (χ3v) is 3.37. The van der Waals surface area contributed by atoms with Crippen LogP contribution in [0.5, 0.6) is 5.75 Å². The fraction of sp³-hybridized carbons (Fsp3) is 0.278. The van der Waals surface area contributed by atoms with Crippen LogP contribution < -0.4 is 10.1 Å². The van der Waals surface area contributed by atoms with Gasteiger partial charge in [-0.1, -0.05) is 24.3 Å². The molecular formula is C18H21NO3. The maximum Gasteiger partial charge on any atom is 0.411 e. The largest absolute Gasteiger partial charge is 0.497 e. The maximum atomic E-state index is 11.5. The molecule has 0 saturated heterocycles. The lowest BCUT2D eigenvalue weighted by molar-refractivity contribution is 0.168. The average molecular weight is 299 g/mol. The second-order valence-corrected chi connectivity index (χ2v) is 5.02. The summed E-state index contributed by atoms with van der Waals surface area (Å²) in [4.78, 5) is 11.5. The Morgan fingerprint density at radius 3 is 2.36 bits per heavy atom. The van der Waals surface area contributed by atoms with Crippen molar-refractivity contribution >= 4 is 11.8 Å². The number of carbonyl (C=O) groups is 1. The lowest BCUT2D eigenvalue weighted by Crippen LogP contribution is -2.14. The van der Waals surface area contributed by atoms with Gasteiger partial charge in [0, 0.05) is 5.69 Å². The molecule has 4 nitrogen and oxygen atoms in total. The molecule has 4 heteroatoms. The Hall–Kier alpha value is -2.49. The molecule has 0 unspecified atom stereocenters. The first-order chi connectivity index (χ1) is 10.6. The monoisotopic (exact) mass is 299 g/mol. The van der Waals surface area contributed by atoms with Gasteiger partial charge in [-0.25, -0.2) is 4.79 Å². The first kappa shape index (κ1) is 15.9. The molecule has 2 aromatic carbocycles. The van der Waals surface area contributed by atoms with Crippen LogP contribution in [-0.2, 0) is 11.2 Å². The van der Waals surface area contributed by atoms with E-state index in [-0.39, 0.29) is 0 Å². The number of anilines is 1. The zero-order valence-electron chi connectivity index (χ0n) is 13.2. The molecular weight excluding hydrogens is 278 g/mol. The number of methoxy groups -OCH3 is 1. The van der Waals surface area contributed by atoms with E-state index in [9.17, 15) is 4.79 Å². The van der Waals surface area contributed by atoms with Crippen molar-refractivity contribution in [3.8, 4) is 5.75 Å². The van der Waals surface area contributed by atoms with E-state index < -0.39 is 6.09 Å². The molecule has 2 aromatic rings. The molecule has 1 amide bonds. The van der Waals surface area contributed by atoms with E-state index in [1.54, 1.807) is 14.0 Å². The van der Waals surface area contributed by atoms with Crippen molar-refractivity contribution in [2.45, 2.75) is 20.3 Å². The van der Waals surface area contributed by atoms with Gasteiger partial charge >= 0.3 is 6.09 Å². The zero-order chi connectivity index (χ0) is 15.9. The highest BCUT2D eigenvalue weighted by Crippen LogP contribution is 2.20. The summed E-state index contributed by atoms with van der Waals surface area (Å²) in [6, 6.07) is 14.0. The molecule has 0 aliphatic rings. The minimum Gasteiger partial charge on any atom is -0.497 e. The lowest BCUT2D eigenvalue weighted by Gasteiger charge is -2.10. The standard InChI is InChI=1S/C18H21NO3/c1-4-22-18(20)19-17-10-7-15(11-13(17)2)12-14-5-8-16(21-3)9-6-14/h5-11H,4,12H2,1-3H3,(H,19,20). The summed E-state index contributed by atoms with van der Waals surface area (Å²) in [5.41, 5.74) is 4.19. The van der Waals surface area contributed by atoms with Crippen LogP contribution in [0.15, 0.2) is 42.5 Å². The van der Waals surface area contributed by atoms with Crippen molar-refractivity contribution in [1.29, 1.82) is 0 Å². The van der Waals surface area contributed by atoms with E-state index in [4.69, 9.17) is 9.47 Å². The van der Waals surface area contributed by atoms with Gasteiger partial charge in [-0.15, -0.1) is 0 Å². The van der Waals surface area contributed by atoms with Crippen LogP contribution in [-0.4, -0.2) is 19.8 Å². The van der Waals surface area contributed by atoms with Crippen LogP contribution in [0.1, 0.15) is 23.6 Å². The van der Waals surface area contributed by atoms with Crippen molar-refractivity contribution in [3.05, 3.63) is 59.2 Å². The first-order valence-electron chi connectivity index (χ1n) is 7.28. The van der Waals surface area contributed by atoms with Crippen molar-refractivity contribution < 1.29 is 14.3 Å². The van der Waals surface area contributed by atoms with Gasteiger partial charge < -0.3 is 9.47 Å². The van der Waals surface area contributed by atoms with Crippen LogP contribution in [0.4, 0.5) is 10.5 Å². The highest BCUT2D eigenvalue weighted by Gasteiger charge is 2.06. The summed E-state index contributed by atoms with van der Waals surface area (Å²) < 4.78 is 10.0. The summed E-state index contributed by atoms with van der Waals surface area (Å²) in [6.45, 7) is 4.11. The minimum atomic E-state index is -0.423. The van der Waals surface area contributed by atoms with Crippen LogP contribution >= 0.6 is 0 Å². The van der Waals surface area contributed by atoms with Crippen molar-refractivity contribution in [2.24, 2.45) is 0 Å². The van der Waals surface area contributed by atoms with E-state index in [2.05, 4.69) is 23.5 Å². The highest BCUT2D eigenvalue weighted by atomic mass is 16.5. The normalized spacial score (nSPS) is 10.1. The number of carbonyl (C=O) groups excluding carboxylic acids is 1. The van der Waals surface area contributed by atoms with Gasteiger partial charge in [-0.05, 0) is 55.2 Å². The number of ether oxygens (including phenoxy) is 2. The summed E-state index contributed by atoms with van der Waals surface area (Å²) in [5.74, 6) is 0.855. The van der Waals surface area contributed by atoms with Gasteiger partial charge in [0.1, 0.15) is 5.75 Å². The maximum absolute atomic E-state index is 11.5. The fourth-order valence-corrected chi connectivity index (χ4v) is 2.23. The first-order valence-corrected chi connectivity index (χ1v) is 7.28.